The van der Waals surface area contributed by atoms with Gasteiger partial charge in [0.2, 0.25) is 0 Å². The Balaban J connectivity index is 1.96. The van der Waals surface area contributed by atoms with Gasteiger partial charge in [-0.2, -0.15) is 0 Å². The Kier molecular flexibility index (Phi) is 3.28. The van der Waals surface area contributed by atoms with Crippen LogP contribution in [0.25, 0.3) is 0 Å². The van der Waals surface area contributed by atoms with Crippen LogP contribution in [0, 0.1) is 5.82 Å². The predicted octanol–water partition coefficient (Wildman–Crippen LogP) is 1.14. The fourth-order valence-electron chi connectivity index (χ4n) is 2.04. The van der Waals surface area contributed by atoms with Crippen LogP contribution >= 0.6 is 0 Å². The molecule has 1 saturated heterocycles. The second-order valence-corrected chi connectivity index (χ2v) is 4.15. The molecule has 1 aromatic heterocycles. The van der Waals surface area contributed by atoms with E-state index in [1.165, 1.54) is 12.3 Å². The third-order valence-corrected chi connectivity index (χ3v) is 2.71. The third-order valence-electron chi connectivity index (χ3n) is 2.71. The maximum atomic E-state index is 12.9. The van der Waals surface area contributed by atoms with Crippen molar-refractivity contribution in [2.24, 2.45) is 5.73 Å². The van der Waals surface area contributed by atoms with E-state index in [9.17, 15) is 4.39 Å². The highest BCUT2D eigenvalue weighted by Crippen LogP contribution is 2.12. The van der Waals surface area contributed by atoms with Gasteiger partial charge in [-0.1, -0.05) is 0 Å². The van der Waals surface area contributed by atoms with Crippen LogP contribution < -0.4 is 5.73 Å². The van der Waals surface area contributed by atoms with Crippen LogP contribution in [0.2, 0.25) is 0 Å². The number of hydrogen-bond acceptors (Lipinski definition) is 3. The fraction of sp³-hybridized carbons (Fsp3) is 0.545. The molecule has 2 rings (SSSR count). The molecule has 0 aliphatic carbocycles. The number of nitrogens with two attached hydrogens (primary N) is 1. The number of halogens is 1. The van der Waals surface area contributed by atoms with Crippen molar-refractivity contribution in [3.05, 3.63) is 29.8 Å². The summed E-state index contributed by atoms with van der Waals surface area (Å²) in [6.07, 6.45) is 5.16. The number of likely N-dealkylation sites (tertiary alicyclic amines) is 1. The lowest BCUT2D eigenvalue weighted by Gasteiger charge is -2.30. The molecule has 1 aliphatic heterocycles. The number of pyridine rings is 1. The molecule has 82 valence electrons. The lowest BCUT2D eigenvalue weighted by atomic mass is 10.1. The summed E-state index contributed by atoms with van der Waals surface area (Å²) in [5.41, 5.74) is 6.80. The summed E-state index contributed by atoms with van der Waals surface area (Å²) in [4.78, 5) is 6.09. The molecule has 2 N–H and O–H groups in total. The minimum atomic E-state index is -0.270. The zero-order valence-electron chi connectivity index (χ0n) is 8.69. The van der Waals surface area contributed by atoms with E-state index in [4.69, 9.17) is 5.73 Å². The van der Waals surface area contributed by atoms with Gasteiger partial charge in [0, 0.05) is 25.3 Å². The molecule has 3 nitrogen and oxygen atoms in total. The number of rotatable bonds is 2. The van der Waals surface area contributed by atoms with Crippen molar-refractivity contribution >= 4 is 0 Å². The molecule has 0 unspecified atom stereocenters. The number of aromatic nitrogens is 1. The van der Waals surface area contributed by atoms with Crippen LogP contribution in [0.1, 0.15) is 18.4 Å². The first-order valence-electron chi connectivity index (χ1n) is 5.31. The topological polar surface area (TPSA) is 42.1 Å². The van der Waals surface area contributed by atoms with Crippen molar-refractivity contribution in [3.63, 3.8) is 0 Å². The van der Waals surface area contributed by atoms with Gasteiger partial charge in [0.25, 0.3) is 0 Å². The van der Waals surface area contributed by atoms with Gasteiger partial charge in [-0.15, -0.1) is 0 Å². The molecule has 0 saturated carbocycles. The number of piperidine rings is 1. The third kappa shape index (κ3) is 2.97. The molecule has 1 aliphatic rings. The summed E-state index contributed by atoms with van der Waals surface area (Å²) < 4.78 is 12.9. The van der Waals surface area contributed by atoms with Crippen molar-refractivity contribution in [3.8, 4) is 0 Å². The summed E-state index contributed by atoms with van der Waals surface area (Å²) >= 11 is 0. The Morgan fingerprint density at radius 2 is 2.40 bits per heavy atom. The molecule has 2 heterocycles. The van der Waals surface area contributed by atoms with Gasteiger partial charge in [-0.05, 0) is 31.0 Å². The molecule has 0 spiro atoms. The fourth-order valence-corrected chi connectivity index (χ4v) is 2.04. The van der Waals surface area contributed by atoms with Crippen LogP contribution in [0.4, 0.5) is 4.39 Å². The molecule has 15 heavy (non-hydrogen) atoms. The van der Waals surface area contributed by atoms with E-state index in [1.54, 1.807) is 6.20 Å². The van der Waals surface area contributed by atoms with Crippen molar-refractivity contribution in [2.75, 3.05) is 13.1 Å². The summed E-state index contributed by atoms with van der Waals surface area (Å²) in [7, 11) is 0. The molecule has 0 radical (unpaired) electrons. The molecule has 1 atom stereocenters. The minimum absolute atomic E-state index is 0.264. The molecule has 1 fully saturated rings. The van der Waals surface area contributed by atoms with E-state index in [2.05, 4.69) is 9.88 Å². The van der Waals surface area contributed by atoms with E-state index in [1.807, 2.05) is 0 Å². The van der Waals surface area contributed by atoms with Gasteiger partial charge < -0.3 is 5.73 Å². The second-order valence-electron chi connectivity index (χ2n) is 4.15. The van der Waals surface area contributed by atoms with Crippen molar-refractivity contribution < 1.29 is 4.39 Å². The smallest absolute Gasteiger partial charge is 0.141 e. The Labute approximate surface area is 89.1 Å². The average Bonchev–Trinajstić information content (AvgIpc) is 2.17. The highest BCUT2D eigenvalue weighted by molar-refractivity contribution is 5.10. The minimum Gasteiger partial charge on any atom is -0.327 e. The largest absolute Gasteiger partial charge is 0.327 e. The molecule has 4 heteroatoms. The Morgan fingerprint density at radius 1 is 1.53 bits per heavy atom. The molecule has 1 aromatic rings. The highest BCUT2D eigenvalue weighted by Gasteiger charge is 2.16. The van der Waals surface area contributed by atoms with Gasteiger partial charge in [-0.25, -0.2) is 4.39 Å². The Bertz CT molecular complexity index is 329. The lowest BCUT2D eigenvalue weighted by Crippen LogP contribution is -2.42. The summed E-state index contributed by atoms with van der Waals surface area (Å²) in [5.74, 6) is -0.270. The normalized spacial score (nSPS) is 22.9. The monoisotopic (exact) mass is 209 g/mol. The van der Waals surface area contributed by atoms with E-state index in [0.717, 1.165) is 38.0 Å². The average molecular weight is 209 g/mol. The lowest BCUT2D eigenvalue weighted by molar-refractivity contribution is 0.201. The van der Waals surface area contributed by atoms with Gasteiger partial charge in [0.15, 0.2) is 0 Å². The first-order valence-corrected chi connectivity index (χ1v) is 5.31. The van der Waals surface area contributed by atoms with E-state index >= 15 is 0 Å². The van der Waals surface area contributed by atoms with Crippen molar-refractivity contribution in [2.45, 2.75) is 25.4 Å². The van der Waals surface area contributed by atoms with Gasteiger partial charge >= 0.3 is 0 Å². The van der Waals surface area contributed by atoms with E-state index in [-0.39, 0.29) is 11.9 Å². The predicted molar refractivity (Wildman–Crippen MR) is 56.7 cm³/mol. The van der Waals surface area contributed by atoms with Crippen molar-refractivity contribution in [1.29, 1.82) is 0 Å². The number of hydrogen-bond donors (Lipinski definition) is 1. The summed E-state index contributed by atoms with van der Waals surface area (Å²) in [6.45, 7) is 2.69. The standard InChI is InChI=1S/C11H16FN3/c12-10-4-9(5-14-6-10)7-15-3-1-2-11(13)8-15/h4-6,11H,1-3,7-8,13H2/t11-/m1/s1. The summed E-state index contributed by atoms with van der Waals surface area (Å²) in [5, 5.41) is 0. The highest BCUT2D eigenvalue weighted by atomic mass is 19.1. The molecular weight excluding hydrogens is 193 g/mol. The summed E-state index contributed by atoms with van der Waals surface area (Å²) in [6, 6.07) is 1.80. The van der Waals surface area contributed by atoms with Crippen LogP contribution in [0.15, 0.2) is 18.5 Å². The molecular formula is C11H16FN3. The van der Waals surface area contributed by atoms with Crippen molar-refractivity contribution in [1.82, 2.24) is 9.88 Å². The maximum Gasteiger partial charge on any atom is 0.141 e. The molecule has 0 bridgehead atoms. The van der Waals surface area contributed by atoms with Gasteiger partial charge in [-0.3, -0.25) is 9.88 Å². The Morgan fingerprint density at radius 3 is 3.13 bits per heavy atom. The first-order chi connectivity index (χ1) is 7.24. The Hall–Kier alpha value is -1.00. The van der Waals surface area contributed by atoms with Gasteiger partial charge in [0.1, 0.15) is 5.82 Å². The quantitative estimate of drug-likeness (QED) is 0.794. The molecule has 0 aromatic carbocycles. The zero-order chi connectivity index (χ0) is 10.7. The SMILES string of the molecule is N[C@@H]1CCCN(Cc2cncc(F)c2)C1. The van der Waals surface area contributed by atoms with Crippen LogP contribution in [-0.4, -0.2) is 29.0 Å². The van der Waals surface area contributed by atoms with E-state index < -0.39 is 0 Å². The molecule has 0 amide bonds. The van der Waals surface area contributed by atoms with Crippen LogP contribution in [-0.2, 0) is 6.54 Å². The number of nitrogens with zero attached hydrogens (tertiary/aromatic N) is 2. The first kappa shape index (κ1) is 10.5. The maximum absolute atomic E-state index is 12.9. The van der Waals surface area contributed by atoms with Gasteiger partial charge in [0.05, 0.1) is 6.20 Å². The second kappa shape index (κ2) is 4.68. The van der Waals surface area contributed by atoms with Crippen LogP contribution in [0.3, 0.4) is 0 Å². The van der Waals surface area contributed by atoms with E-state index in [0.29, 0.717) is 0 Å². The van der Waals surface area contributed by atoms with Crippen LogP contribution in [0.5, 0.6) is 0 Å². The zero-order valence-corrected chi connectivity index (χ0v) is 8.69.